The van der Waals surface area contributed by atoms with Gasteiger partial charge >= 0.3 is 0 Å². The number of benzene rings is 1. The summed E-state index contributed by atoms with van der Waals surface area (Å²) >= 11 is 6.11. The van der Waals surface area contributed by atoms with E-state index in [1.54, 1.807) is 18.2 Å². The van der Waals surface area contributed by atoms with E-state index >= 15 is 0 Å². The summed E-state index contributed by atoms with van der Waals surface area (Å²) < 4.78 is 13.6. The highest BCUT2D eigenvalue weighted by Crippen LogP contribution is 2.39. The lowest BCUT2D eigenvalue weighted by Gasteiger charge is -2.11. The van der Waals surface area contributed by atoms with E-state index in [1.807, 2.05) is 6.92 Å². The molecule has 1 aliphatic rings. The minimum Gasteiger partial charge on any atom is -0.337 e. The van der Waals surface area contributed by atoms with Crippen LogP contribution in [0, 0.1) is 12.7 Å². The normalized spacial score (nSPS) is 14.5. The fraction of sp³-hybridized carbons (Fsp3) is 0.286. The third kappa shape index (κ3) is 2.54. The molecule has 0 bridgehead atoms. The Balaban J connectivity index is 1.98. The number of aromatic nitrogens is 2. The third-order valence-corrected chi connectivity index (χ3v) is 3.54. The smallest absolute Gasteiger partial charge is 0.146 e. The Labute approximate surface area is 115 Å². The molecular formula is C14H13ClFN3. The van der Waals surface area contributed by atoms with Crippen LogP contribution >= 0.6 is 11.6 Å². The van der Waals surface area contributed by atoms with Crippen LogP contribution in [0.1, 0.15) is 30.1 Å². The van der Waals surface area contributed by atoms with Crippen LogP contribution in [-0.4, -0.2) is 9.97 Å². The van der Waals surface area contributed by atoms with E-state index in [4.69, 9.17) is 11.6 Å². The van der Waals surface area contributed by atoms with Crippen molar-refractivity contribution >= 4 is 23.1 Å². The highest BCUT2D eigenvalue weighted by Gasteiger charge is 2.28. The van der Waals surface area contributed by atoms with Crippen molar-refractivity contribution in [2.24, 2.45) is 0 Å². The fourth-order valence-electron chi connectivity index (χ4n) is 1.84. The van der Waals surface area contributed by atoms with E-state index < -0.39 is 0 Å². The van der Waals surface area contributed by atoms with Crippen LogP contribution in [0.25, 0.3) is 0 Å². The molecule has 1 saturated carbocycles. The first-order valence-electron chi connectivity index (χ1n) is 6.20. The molecular weight excluding hydrogens is 265 g/mol. The number of rotatable bonds is 3. The van der Waals surface area contributed by atoms with Crippen molar-refractivity contribution in [1.82, 2.24) is 9.97 Å². The molecule has 0 saturated heterocycles. The number of halogens is 2. The molecule has 0 unspecified atom stereocenters. The van der Waals surface area contributed by atoms with Crippen molar-refractivity contribution in [3.63, 3.8) is 0 Å². The molecule has 0 aliphatic heterocycles. The van der Waals surface area contributed by atoms with E-state index in [1.165, 1.54) is 6.07 Å². The molecule has 5 heteroatoms. The summed E-state index contributed by atoms with van der Waals surface area (Å²) in [5.74, 6) is 1.41. The van der Waals surface area contributed by atoms with Gasteiger partial charge in [-0.15, -0.1) is 0 Å². The van der Waals surface area contributed by atoms with Crippen LogP contribution in [0.3, 0.4) is 0 Å². The predicted molar refractivity (Wildman–Crippen MR) is 73.4 cm³/mol. The molecule has 0 amide bonds. The molecule has 0 atom stereocenters. The number of hydrogen-bond donors (Lipinski definition) is 1. The number of anilines is 2. The first-order valence-corrected chi connectivity index (χ1v) is 6.58. The number of nitrogens with zero attached hydrogens (tertiary/aromatic N) is 2. The maximum absolute atomic E-state index is 13.6. The highest BCUT2D eigenvalue weighted by atomic mass is 35.5. The van der Waals surface area contributed by atoms with Crippen LogP contribution < -0.4 is 5.32 Å². The van der Waals surface area contributed by atoms with Crippen molar-refractivity contribution in [1.29, 1.82) is 0 Å². The molecule has 0 radical (unpaired) electrons. The number of nitrogens with one attached hydrogen (secondary N) is 1. The van der Waals surface area contributed by atoms with Gasteiger partial charge in [0.25, 0.3) is 0 Å². The van der Waals surface area contributed by atoms with Gasteiger partial charge in [-0.2, -0.15) is 0 Å². The fourth-order valence-corrected chi connectivity index (χ4v) is 2.02. The maximum Gasteiger partial charge on any atom is 0.146 e. The largest absolute Gasteiger partial charge is 0.337 e. The van der Waals surface area contributed by atoms with Crippen LogP contribution in [0.5, 0.6) is 0 Å². The van der Waals surface area contributed by atoms with Crippen LogP contribution in [0.4, 0.5) is 15.9 Å². The predicted octanol–water partition coefficient (Wildman–Crippen LogP) is 4.20. The lowest BCUT2D eigenvalue weighted by Crippen LogP contribution is -2.04. The zero-order valence-corrected chi connectivity index (χ0v) is 11.2. The van der Waals surface area contributed by atoms with Crippen molar-refractivity contribution in [2.45, 2.75) is 25.7 Å². The number of para-hydroxylation sites is 1. The Bertz CT molecular complexity index is 626. The second-order valence-electron chi connectivity index (χ2n) is 4.73. The van der Waals surface area contributed by atoms with Crippen LogP contribution in [-0.2, 0) is 0 Å². The molecule has 0 spiro atoms. The summed E-state index contributed by atoms with van der Waals surface area (Å²) in [6.45, 7) is 1.82. The Morgan fingerprint density at radius 3 is 2.68 bits per heavy atom. The molecule has 2 aromatic rings. The van der Waals surface area contributed by atoms with E-state index in [0.29, 0.717) is 22.6 Å². The summed E-state index contributed by atoms with van der Waals surface area (Å²) in [6, 6.07) is 6.49. The summed E-state index contributed by atoms with van der Waals surface area (Å²) in [4.78, 5) is 8.74. The summed E-state index contributed by atoms with van der Waals surface area (Å²) in [7, 11) is 0. The summed E-state index contributed by atoms with van der Waals surface area (Å²) in [5, 5.41) is 3.42. The van der Waals surface area contributed by atoms with Gasteiger partial charge in [0.2, 0.25) is 0 Å². The van der Waals surface area contributed by atoms with Crippen molar-refractivity contribution < 1.29 is 4.39 Å². The zero-order chi connectivity index (χ0) is 13.4. The summed E-state index contributed by atoms with van der Waals surface area (Å²) in [6.07, 6.45) is 2.19. The maximum atomic E-state index is 13.6. The molecule has 98 valence electrons. The van der Waals surface area contributed by atoms with E-state index in [2.05, 4.69) is 15.3 Å². The molecule has 3 rings (SSSR count). The van der Waals surface area contributed by atoms with Gasteiger partial charge in [-0.3, -0.25) is 0 Å². The number of hydrogen-bond acceptors (Lipinski definition) is 3. The molecule has 1 fully saturated rings. The van der Waals surface area contributed by atoms with Crippen molar-refractivity contribution in [3.05, 3.63) is 46.6 Å². The second kappa shape index (κ2) is 4.78. The van der Waals surface area contributed by atoms with Gasteiger partial charge in [-0.1, -0.05) is 23.7 Å². The lowest BCUT2D eigenvalue weighted by atomic mass is 10.2. The van der Waals surface area contributed by atoms with Gasteiger partial charge in [0.05, 0.1) is 5.69 Å². The van der Waals surface area contributed by atoms with Gasteiger partial charge < -0.3 is 5.32 Å². The van der Waals surface area contributed by atoms with Crippen molar-refractivity contribution in [2.75, 3.05) is 5.32 Å². The average Bonchev–Trinajstić information content (AvgIpc) is 3.21. The highest BCUT2D eigenvalue weighted by molar-refractivity contribution is 6.30. The SMILES string of the molecule is Cc1c(Cl)nc(C2CC2)nc1Nc1ccccc1F. The average molecular weight is 278 g/mol. The van der Waals surface area contributed by atoms with E-state index in [-0.39, 0.29) is 5.82 Å². The minimum atomic E-state index is -0.315. The van der Waals surface area contributed by atoms with Gasteiger partial charge in [0.15, 0.2) is 0 Å². The zero-order valence-electron chi connectivity index (χ0n) is 10.5. The Morgan fingerprint density at radius 2 is 2.00 bits per heavy atom. The molecule has 1 heterocycles. The molecule has 19 heavy (non-hydrogen) atoms. The second-order valence-corrected chi connectivity index (χ2v) is 5.08. The monoisotopic (exact) mass is 277 g/mol. The van der Waals surface area contributed by atoms with Crippen LogP contribution in [0.15, 0.2) is 24.3 Å². The first-order chi connectivity index (χ1) is 9.15. The third-order valence-electron chi connectivity index (χ3n) is 3.17. The quantitative estimate of drug-likeness (QED) is 0.855. The van der Waals surface area contributed by atoms with E-state index in [0.717, 1.165) is 24.2 Å². The molecule has 1 aliphatic carbocycles. The summed E-state index contributed by atoms with van der Waals surface area (Å²) in [5.41, 5.74) is 1.12. The van der Waals surface area contributed by atoms with E-state index in [9.17, 15) is 4.39 Å². The van der Waals surface area contributed by atoms with Gasteiger partial charge in [0.1, 0.15) is 22.6 Å². The first kappa shape index (κ1) is 12.4. The topological polar surface area (TPSA) is 37.8 Å². The Kier molecular flexibility index (Phi) is 3.11. The van der Waals surface area contributed by atoms with Crippen LogP contribution in [0.2, 0.25) is 5.15 Å². The minimum absolute atomic E-state index is 0.315. The van der Waals surface area contributed by atoms with Gasteiger partial charge in [0, 0.05) is 11.5 Å². The Morgan fingerprint density at radius 1 is 1.26 bits per heavy atom. The molecule has 1 aromatic heterocycles. The van der Waals surface area contributed by atoms with Crippen molar-refractivity contribution in [3.8, 4) is 0 Å². The van der Waals surface area contributed by atoms with Gasteiger partial charge in [-0.05, 0) is 31.9 Å². The molecule has 1 N–H and O–H groups in total. The Hall–Kier alpha value is -1.68. The molecule has 3 nitrogen and oxygen atoms in total. The standard InChI is InChI=1S/C14H13ClFN3/c1-8-12(15)18-14(9-6-7-9)19-13(8)17-11-5-3-2-4-10(11)16/h2-5,9H,6-7H2,1H3,(H,17,18,19). The molecule has 1 aromatic carbocycles. The lowest BCUT2D eigenvalue weighted by molar-refractivity contribution is 0.631. The van der Waals surface area contributed by atoms with Gasteiger partial charge in [-0.25, -0.2) is 14.4 Å².